The number of fused-ring (bicyclic) bond motifs is 12. The normalized spacial score (nSPS) is 60.4. The molecular formula is C23H26O3. The highest BCUT2D eigenvalue weighted by atomic mass is 16.6. The van der Waals surface area contributed by atoms with Crippen molar-refractivity contribution < 1.29 is 14.3 Å². The van der Waals surface area contributed by atoms with Crippen molar-refractivity contribution in [3.63, 3.8) is 0 Å². The van der Waals surface area contributed by atoms with Crippen LogP contribution in [0.3, 0.4) is 0 Å². The molecule has 0 amide bonds. The highest BCUT2D eigenvalue weighted by Crippen LogP contribution is 2.78. The molecule has 1 spiro atoms. The molecule has 1 heterocycles. The molecule has 0 radical (unpaired) electrons. The van der Waals surface area contributed by atoms with Gasteiger partial charge in [-0.15, -0.1) is 0 Å². The third-order valence-electron chi connectivity index (χ3n) is 9.83. The predicted octanol–water partition coefficient (Wildman–Crippen LogP) is 3.69. The van der Waals surface area contributed by atoms with Gasteiger partial charge in [-0.1, -0.05) is 12.5 Å². The average molecular weight is 350 g/mol. The molecule has 0 bridgehead atoms. The van der Waals surface area contributed by atoms with Crippen molar-refractivity contribution in [3.05, 3.63) is 23.8 Å². The van der Waals surface area contributed by atoms with Crippen LogP contribution in [0.15, 0.2) is 23.8 Å². The molecule has 5 saturated carbocycles. The second-order valence-electron chi connectivity index (χ2n) is 10.5. The van der Waals surface area contributed by atoms with E-state index >= 15 is 0 Å². The van der Waals surface area contributed by atoms with Crippen LogP contribution < -0.4 is 0 Å². The van der Waals surface area contributed by atoms with Gasteiger partial charge in [-0.25, -0.2) is 4.79 Å². The number of ketones is 1. The van der Waals surface area contributed by atoms with Crippen molar-refractivity contribution in [1.82, 2.24) is 0 Å². The first-order valence-corrected chi connectivity index (χ1v) is 10.7. The Balaban J connectivity index is 1.31. The number of carbonyl (C=O) groups excluding carboxylic acids is 2. The zero-order valence-corrected chi connectivity index (χ0v) is 15.3. The summed E-state index contributed by atoms with van der Waals surface area (Å²) in [7, 11) is 0. The van der Waals surface area contributed by atoms with Crippen molar-refractivity contribution in [2.45, 2.75) is 51.0 Å². The first-order valence-electron chi connectivity index (χ1n) is 10.7. The highest BCUT2D eigenvalue weighted by molar-refractivity contribution is 5.92. The van der Waals surface area contributed by atoms with Crippen molar-refractivity contribution in [2.24, 2.45) is 52.8 Å². The number of ether oxygens (including phenoxy) is 1. The Hall–Kier alpha value is -1.38. The first kappa shape index (κ1) is 14.6. The van der Waals surface area contributed by atoms with E-state index in [4.69, 9.17) is 4.74 Å². The monoisotopic (exact) mass is 350 g/mol. The van der Waals surface area contributed by atoms with Gasteiger partial charge in [0.1, 0.15) is 5.60 Å². The van der Waals surface area contributed by atoms with Crippen LogP contribution >= 0.6 is 0 Å². The van der Waals surface area contributed by atoms with E-state index in [2.05, 4.69) is 13.0 Å². The fourth-order valence-electron chi connectivity index (χ4n) is 8.86. The molecule has 7 aliphatic rings. The second kappa shape index (κ2) is 4.20. The maximum atomic E-state index is 12.1. The van der Waals surface area contributed by atoms with Crippen molar-refractivity contribution >= 4 is 11.8 Å². The summed E-state index contributed by atoms with van der Waals surface area (Å²) in [4.78, 5) is 24.0. The smallest absolute Gasteiger partial charge is 0.331 e. The van der Waals surface area contributed by atoms with E-state index in [-0.39, 0.29) is 17.0 Å². The predicted molar refractivity (Wildman–Crippen MR) is 94.8 cm³/mol. The molecule has 10 atom stereocenters. The molecule has 1 aliphatic heterocycles. The van der Waals surface area contributed by atoms with Gasteiger partial charge in [0.2, 0.25) is 0 Å². The van der Waals surface area contributed by atoms with E-state index in [1.807, 2.05) is 6.08 Å². The van der Waals surface area contributed by atoms with Gasteiger partial charge < -0.3 is 4.74 Å². The highest BCUT2D eigenvalue weighted by Gasteiger charge is 2.76. The summed E-state index contributed by atoms with van der Waals surface area (Å²) in [5.41, 5.74) is 1.52. The minimum atomic E-state index is -0.249. The Morgan fingerprint density at radius 3 is 2.65 bits per heavy atom. The fourth-order valence-corrected chi connectivity index (χ4v) is 8.86. The van der Waals surface area contributed by atoms with E-state index in [1.54, 1.807) is 6.08 Å². The molecule has 3 nitrogen and oxygen atoms in total. The molecule has 6 aliphatic carbocycles. The zero-order valence-electron chi connectivity index (χ0n) is 15.3. The number of rotatable bonds is 0. The minimum absolute atomic E-state index is 0.116. The van der Waals surface area contributed by atoms with Crippen LogP contribution in [0.5, 0.6) is 0 Å². The summed E-state index contributed by atoms with van der Waals surface area (Å²) in [6, 6.07) is 0. The quantitative estimate of drug-likeness (QED) is 0.626. The van der Waals surface area contributed by atoms with E-state index in [9.17, 15) is 9.59 Å². The van der Waals surface area contributed by atoms with E-state index in [0.29, 0.717) is 23.5 Å². The van der Waals surface area contributed by atoms with Gasteiger partial charge in [-0.05, 0) is 85.2 Å². The lowest BCUT2D eigenvalue weighted by atomic mass is 9.49. The number of carbonyl (C=O) groups is 2. The van der Waals surface area contributed by atoms with Gasteiger partial charge in [0.05, 0.1) is 0 Å². The minimum Gasteiger partial charge on any atom is -0.451 e. The van der Waals surface area contributed by atoms with Crippen LogP contribution in [-0.4, -0.2) is 17.4 Å². The Bertz CT molecular complexity index is 823. The molecule has 0 saturated heterocycles. The maximum absolute atomic E-state index is 12.1. The van der Waals surface area contributed by atoms with Gasteiger partial charge in [0.15, 0.2) is 5.78 Å². The number of hydrogen-bond acceptors (Lipinski definition) is 3. The lowest BCUT2D eigenvalue weighted by molar-refractivity contribution is -0.155. The van der Waals surface area contributed by atoms with Gasteiger partial charge >= 0.3 is 5.97 Å². The third-order valence-corrected chi connectivity index (χ3v) is 9.83. The number of hydrogen-bond donors (Lipinski definition) is 0. The van der Waals surface area contributed by atoms with Gasteiger partial charge in [-0.2, -0.15) is 0 Å². The summed E-state index contributed by atoms with van der Waals surface area (Å²) in [5, 5.41) is 0. The molecule has 5 fully saturated rings. The third kappa shape index (κ3) is 1.48. The van der Waals surface area contributed by atoms with Crippen LogP contribution in [0, 0.1) is 52.8 Å². The Kier molecular flexibility index (Phi) is 2.37. The molecule has 26 heavy (non-hydrogen) atoms. The van der Waals surface area contributed by atoms with E-state index < -0.39 is 0 Å². The lowest BCUT2D eigenvalue weighted by Gasteiger charge is -2.56. The molecular weight excluding hydrogens is 324 g/mol. The summed E-state index contributed by atoms with van der Waals surface area (Å²) in [5.74, 6) is 5.94. The molecule has 0 aromatic carbocycles. The van der Waals surface area contributed by atoms with Crippen LogP contribution in [0.25, 0.3) is 0 Å². The largest absolute Gasteiger partial charge is 0.451 e. The summed E-state index contributed by atoms with van der Waals surface area (Å²) >= 11 is 0. The van der Waals surface area contributed by atoms with E-state index in [0.717, 1.165) is 42.4 Å². The molecule has 136 valence electrons. The maximum Gasteiger partial charge on any atom is 0.331 e. The molecule has 0 aromatic heterocycles. The lowest BCUT2D eigenvalue weighted by Crippen LogP contribution is -2.52. The van der Waals surface area contributed by atoms with E-state index in [1.165, 1.54) is 31.3 Å². The molecule has 3 heteroatoms. The number of allylic oxidation sites excluding steroid dienone is 1. The Morgan fingerprint density at radius 1 is 1.04 bits per heavy atom. The summed E-state index contributed by atoms with van der Waals surface area (Å²) < 4.78 is 6.00. The van der Waals surface area contributed by atoms with Gasteiger partial charge in [-0.3, -0.25) is 4.79 Å². The van der Waals surface area contributed by atoms with Crippen molar-refractivity contribution in [3.8, 4) is 0 Å². The van der Waals surface area contributed by atoms with Crippen LogP contribution in [0.2, 0.25) is 0 Å². The summed E-state index contributed by atoms with van der Waals surface area (Å²) in [6.45, 7) is 2.47. The fraction of sp³-hybridized carbons (Fsp3) is 0.739. The molecule has 4 unspecified atom stereocenters. The molecule has 0 N–H and O–H groups in total. The Labute approximate surface area is 154 Å². The van der Waals surface area contributed by atoms with Gasteiger partial charge in [0.25, 0.3) is 0 Å². The number of esters is 1. The first-order chi connectivity index (χ1) is 12.5. The summed E-state index contributed by atoms with van der Waals surface area (Å²) in [6.07, 6.45) is 12.7. The van der Waals surface area contributed by atoms with Crippen molar-refractivity contribution in [1.29, 1.82) is 0 Å². The van der Waals surface area contributed by atoms with Crippen LogP contribution in [-0.2, 0) is 14.3 Å². The van der Waals surface area contributed by atoms with Crippen LogP contribution in [0.4, 0.5) is 0 Å². The molecule has 0 aromatic rings. The average Bonchev–Trinajstić information content (AvgIpc) is 3.52. The molecule has 7 rings (SSSR count). The Morgan fingerprint density at radius 2 is 1.85 bits per heavy atom. The van der Waals surface area contributed by atoms with Gasteiger partial charge in [0, 0.05) is 24.3 Å². The SMILES string of the molecule is C[C@]12CCC(=O)C=C1[C@@H]1C[C@@H]1C1C3C(CCC12)[C@]1(C=CC(=O)O1)[C@H]1C[C@@H]31. The van der Waals surface area contributed by atoms with Crippen molar-refractivity contribution in [2.75, 3.05) is 0 Å². The standard InChI is InChI=1S/C23H26O3/c1-22-6-4-11(24)8-17(22)12-9-13(12)20-15(22)2-3-16-21(20)14-10-18(14)23(16)7-5-19(25)26-23/h5,7-8,12-16,18,20-21H,2-4,6,9-10H2,1H3/t12-,13+,14-,15?,16?,18+,20?,21?,22-,23-/m1/s1. The zero-order chi connectivity index (χ0) is 17.4. The second-order valence-corrected chi connectivity index (χ2v) is 10.5. The topological polar surface area (TPSA) is 43.4 Å². The van der Waals surface area contributed by atoms with Crippen LogP contribution in [0.1, 0.15) is 45.4 Å².